The third-order valence-electron chi connectivity index (χ3n) is 3.43. The van der Waals surface area contributed by atoms with Crippen molar-refractivity contribution in [3.05, 3.63) is 23.9 Å². The summed E-state index contributed by atoms with van der Waals surface area (Å²) in [6.45, 7) is 6.18. The standard InChI is InChI=1S/C13H20N2O/c1-3-11-6-8-15(9-11)13-12(10(2)16)5-4-7-14-13/h4-5,7,10-11,16H,3,6,8-9H2,1-2H3/t10-,11?/m0/s1. The summed E-state index contributed by atoms with van der Waals surface area (Å²) in [7, 11) is 0. The second-order valence-electron chi connectivity index (χ2n) is 4.60. The molecule has 0 radical (unpaired) electrons. The largest absolute Gasteiger partial charge is 0.389 e. The number of anilines is 1. The topological polar surface area (TPSA) is 36.4 Å². The monoisotopic (exact) mass is 220 g/mol. The first-order chi connectivity index (χ1) is 7.72. The van der Waals surface area contributed by atoms with Crippen LogP contribution in [0.5, 0.6) is 0 Å². The molecule has 1 aromatic heterocycles. The summed E-state index contributed by atoms with van der Waals surface area (Å²) in [5, 5.41) is 9.72. The highest BCUT2D eigenvalue weighted by atomic mass is 16.3. The Labute approximate surface area is 97.1 Å². The molecule has 3 heteroatoms. The van der Waals surface area contributed by atoms with Gasteiger partial charge in [0.15, 0.2) is 0 Å². The van der Waals surface area contributed by atoms with Crippen LogP contribution in [0.25, 0.3) is 0 Å². The molecule has 1 unspecified atom stereocenters. The van der Waals surface area contributed by atoms with Crippen LogP contribution in [-0.4, -0.2) is 23.2 Å². The van der Waals surface area contributed by atoms with E-state index in [1.807, 2.05) is 12.1 Å². The fourth-order valence-electron chi connectivity index (χ4n) is 2.36. The van der Waals surface area contributed by atoms with Gasteiger partial charge in [0.2, 0.25) is 0 Å². The Balaban J connectivity index is 2.20. The zero-order valence-corrected chi connectivity index (χ0v) is 10.1. The molecule has 1 aromatic rings. The molecule has 0 bridgehead atoms. The van der Waals surface area contributed by atoms with E-state index >= 15 is 0 Å². The summed E-state index contributed by atoms with van der Waals surface area (Å²) in [4.78, 5) is 6.72. The maximum absolute atomic E-state index is 9.72. The molecule has 2 rings (SSSR count). The summed E-state index contributed by atoms with van der Waals surface area (Å²) in [6.07, 6.45) is 3.84. The highest BCUT2D eigenvalue weighted by molar-refractivity contribution is 5.48. The van der Waals surface area contributed by atoms with Crippen LogP contribution in [0.4, 0.5) is 5.82 Å². The molecule has 1 saturated heterocycles. The van der Waals surface area contributed by atoms with Crippen LogP contribution in [0.3, 0.4) is 0 Å². The number of nitrogens with zero attached hydrogens (tertiary/aromatic N) is 2. The van der Waals surface area contributed by atoms with Crippen molar-refractivity contribution in [2.24, 2.45) is 5.92 Å². The van der Waals surface area contributed by atoms with Crippen LogP contribution in [0.1, 0.15) is 38.4 Å². The van der Waals surface area contributed by atoms with Crippen LogP contribution < -0.4 is 4.90 Å². The molecule has 0 amide bonds. The molecule has 16 heavy (non-hydrogen) atoms. The summed E-state index contributed by atoms with van der Waals surface area (Å²) < 4.78 is 0. The number of hydrogen-bond donors (Lipinski definition) is 1. The van der Waals surface area contributed by atoms with Gasteiger partial charge in [-0.2, -0.15) is 0 Å². The van der Waals surface area contributed by atoms with E-state index in [-0.39, 0.29) is 0 Å². The molecule has 3 nitrogen and oxygen atoms in total. The van der Waals surface area contributed by atoms with E-state index < -0.39 is 6.10 Å². The summed E-state index contributed by atoms with van der Waals surface area (Å²) in [5.41, 5.74) is 0.944. The van der Waals surface area contributed by atoms with E-state index in [2.05, 4.69) is 16.8 Å². The van der Waals surface area contributed by atoms with Gasteiger partial charge in [0, 0.05) is 24.8 Å². The Bertz CT molecular complexity index is 352. The lowest BCUT2D eigenvalue weighted by molar-refractivity contribution is 0.199. The molecule has 1 aliphatic rings. The van der Waals surface area contributed by atoms with Crippen molar-refractivity contribution in [3.63, 3.8) is 0 Å². The maximum atomic E-state index is 9.72. The van der Waals surface area contributed by atoms with Crippen molar-refractivity contribution in [2.75, 3.05) is 18.0 Å². The SMILES string of the molecule is CCC1CCN(c2ncccc2[C@H](C)O)C1. The number of aliphatic hydroxyl groups excluding tert-OH is 1. The molecule has 1 N–H and O–H groups in total. The fourth-order valence-corrected chi connectivity index (χ4v) is 2.36. The van der Waals surface area contributed by atoms with Crippen LogP contribution in [-0.2, 0) is 0 Å². The summed E-state index contributed by atoms with van der Waals surface area (Å²) in [5.74, 6) is 1.75. The summed E-state index contributed by atoms with van der Waals surface area (Å²) >= 11 is 0. The van der Waals surface area contributed by atoms with Crippen LogP contribution in [0, 0.1) is 5.92 Å². The summed E-state index contributed by atoms with van der Waals surface area (Å²) in [6, 6.07) is 3.85. The van der Waals surface area contributed by atoms with Gasteiger partial charge in [-0.05, 0) is 25.3 Å². The Hall–Kier alpha value is -1.09. The highest BCUT2D eigenvalue weighted by Crippen LogP contribution is 2.29. The van der Waals surface area contributed by atoms with Crippen molar-refractivity contribution in [2.45, 2.75) is 32.8 Å². The number of aliphatic hydroxyl groups is 1. The molecule has 0 aromatic carbocycles. The van der Waals surface area contributed by atoms with E-state index in [0.717, 1.165) is 30.4 Å². The molecule has 88 valence electrons. The second kappa shape index (κ2) is 4.83. The Morgan fingerprint density at radius 2 is 2.44 bits per heavy atom. The molecule has 0 aliphatic carbocycles. The smallest absolute Gasteiger partial charge is 0.134 e. The maximum Gasteiger partial charge on any atom is 0.134 e. The number of pyridine rings is 1. The number of aromatic nitrogens is 1. The first-order valence-corrected chi connectivity index (χ1v) is 6.10. The predicted molar refractivity (Wildman–Crippen MR) is 65.5 cm³/mol. The van der Waals surface area contributed by atoms with Gasteiger partial charge in [-0.15, -0.1) is 0 Å². The second-order valence-corrected chi connectivity index (χ2v) is 4.60. The molecule has 0 saturated carbocycles. The van der Waals surface area contributed by atoms with Gasteiger partial charge >= 0.3 is 0 Å². The van der Waals surface area contributed by atoms with E-state index in [0.29, 0.717) is 0 Å². The van der Waals surface area contributed by atoms with E-state index in [9.17, 15) is 5.11 Å². The van der Waals surface area contributed by atoms with E-state index in [4.69, 9.17) is 0 Å². The Kier molecular flexibility index (Phi) is 3.44. The van der Waals surface area contributed by atoms with Gasteiger partial charge in [0.1, 0.15) is 5.82 Å². The lowest BCUT2D eigenvalue weighted by atomic mass is 10.1. The number of rotatable bonds is 3. The van der Waals surface area contributed by atoms with Gasteiger partial charge < -0.3 is 10.0 Å². The van der Waals surface area contributed by atoms with Gasteiger partial charge in [-0.25, -0.2) is 4.98 Å². The number of hydrogen-bond acceptors (Lipinski definition) is 3. The minimum atomic E-state index is -0.440. The third-order valence-corrected chi connectivity index (χ3v) is 3.43. The average molecular weight is 220 g/mol. The molecule has 1 fully saturated rings. The van der Waals surface area contributed by atoms with Gasteiger partial charge in [0.25, 0.3) is 0 Å². The highest BCUT2D eigenvalue weighted by Gasteiger charge is 2.24. The molecular formula is C13H20N2O. The van der Waals surface area contributed by atoms with Crippen molar-refractivity contribution < 1.29 is 5.11 Å². The van der Waals surface area contributed by atoms with Crippen molar-refractivity contribution in [1.82, 2.24) is 4.98 Å². The van der Waals surface area contributed by atoms with Crippen molar-refractivity contribution >= 4 is 5.82 Å². The minimum absolute atomic E-state index is 0.440. The van der Waals surface area contributed by atoms with Crippen LogP contribution in [0.15, 0.2) is 18.3 Å². The molecule has 1 aliphatic heterocycles. The van der Waals surface area contributed by atoms with Gasteiger partial charge in [0.05, 0.1) is 6.10 Å². The van der Waals surface area contributed by atoms with Crippen molar-refractivity contribution in [1.29, 1.82) is 0 Å². The molecule has 2 atom stereocenters. The van der Waals surface area contributed by atoms with E-state index in [1.165, 1.54) is 12.8 Å². The first kappa shape index (κ1) is 11.4. The van der Waals surface area contributed by atoms with Crippen LogP contribution >= 0.6 is 0 Å². The molecule has 0 spiro atoms. The lowest BCUT2D eigenvalue weighted by Crippen LogP contribution is -2.22. The fraction of sp³-hybridized carbons (Fsp3) is 0.615. The molecule has 2 heterocycles. The van der Waals surface area contributed by atoms with Crippen molar-refractivity contribution in [3.8, 4) is 0 Å². The van der Waals surface area contributed by atoms with Crippen LogP contribution in [0.2, 0.25) is 0 Å². The Morgan fingerprint density at radius 1 is 1.62 bits per heavy atom. The Morgan fingerprint density at radius 3 is 3.06 bits per heavy atom. The first-order valence-electron chi connectivity index (χ1n) is 6.10. The quantitative estimate of drug-likeness (QED) is 0.849. The van der Waals surface area contributed by atoms with Gasteiger partial charge in [-0.1, -0.05) is 19.4 Å². The molecular weight excluding hydrogens is 200 g/mol. The van der Waals surface area contributed by atoms with E-state index in [1.54, 1.807) is 13.1 Å². The predicted octanol–water partition coefficient (Wildman–Crippen LogP) is 2.37. The third kappa shape index (κ3) is 2.19. The lowest BCUT2D eigenvalue weighted by Gasteiger charge is -2.21. The minimum Gasteiger partial charge on any atom is -0.389 e. The normalized spacial score (nSPS) is 22.4. The zero-order chi connectivity index (χ0) is 11.5. The average Bonchev–Trinajstić information content (AvgIpc) is 2.77. The zero-order valence-electron chi connectivity index (χ0n) is 10.1. The van der Waals surface area contributed by atoms with Gasteiger partial charge in [-0.3, -0.25) is 0 Å².